The predicted molar refractivity (Wildman–Crippen MR) is 116 cm³/mol. The zero-order valence-electron chi connectivity index (χ0n) is 17.9. The van der Waals surface area contributed by atoms with Crippen molar-refractivity contribution in [2.75, 3.05) is 12.3 Å². The number of primary amides is 1. The summed E-state index contributed by atoms with van der Waals surface area (Å²) in [6.07, 6.45) is 1.24. The first kappa shape index (κ1) is 26.7. The summed E-state index contributed by atoms with van der Waals surface area (Å²) in [5.74, 6) is -3.64. The van der Waals surface area contributed by atoms with Crippen molar-refractivity contribution in [1.82, 2.24) is 15.5 Å². The molecule has 7 N–H and O–H groups in total. The number of carbonyl (C=O) groups is 5. The summed E-state index contributed by atoms with van der Waals surface area (Å²) < 4.78 is 0. The van der Waals surface area contributed by atoms with Crippen LogP contribution in [0.5, 0.6) is 0 Å². The number of nitrogens with zero attached hydrogens (tertiary/aromatic N) is 1. The number of likely N-dealkylation sites (tertiary alicyclic amines) is 1. The molecule has 0 aromatic rings. The molecule has 176 valence electrons. The summed E-state index contributed by atoms with van der Waals surface area (Å²) in [6.45, 7) is 4.02. The quantitative estimate of drug-likeness (QED) is 0.194. The Morgan fingerprint density at radius 2 is 1.84 bits per heavy atom. The molecule has 31 heavy (non-hydrogen) atoms. The van der Waals surface area contributed by atoms with Gasteiger partial charge in [-0.25, -0.2) is 4.79 Å². The molecule has 0 aromatic carbocycles. The van der Waals surface area contributed by atoms with Gasteiger partial charge in [0.2, 0.25) is 23.6 Å². The second-order valence-corrected chi connectivity index (χ2v) is 8.11. The average molecular weight is 460 g/mol. The van der Waals surface area contributed by atoms with Gasteiger partial charge < -0.3 is 32.1 Å². The maximum atomic E-state index is 13.0. The number of carbonyl (C=O) groups excluding carboxylic acids is 4. The van der Waals surface area contributed by atoms with E-state index >= 15 is 0 Å². The molecule has 0 spiro atoms. The summed E-state index contributed by atoms with van der Waals surface area (Å²) in [5, 5.41) is 14.2. The number of amides is 4. The minimum Gasteiger partial charge on any atom is -0.480 e. The highest BCUT2D eigenvalue weighted by Gasteiger charge is 2.39. The number of thiol groups is 1. The number of nitrogens with one attached hydrogen (secondary N) is 2. The highest BCUT2D eigenvalue weighted by molar-refractivity contribution is 7.80. The van der Waals surface area contributed by atoms with E-state index in [2.05, 4.69) is 23.3 Å². The van der Waals surface area contributed by atoms with Crippen LogP contribution in [0.15, 0.2) is 0 Å². The zero-order chi connectivity index (χ0) is 23.7. The Labute approximate surface area is 187 Å². The first-order valence-corrected chi connectivity index (χ1v) is 10.9. The molecule has 0 aliphatic carbocycles. The lowest BCUT2D eigenvalue weighted by molar-refractivity contribution is -0.145. The molecule has 1 fully saturated rings. The van der Waals surface area contributed by atoms with Gasteiger partial charge >= 0.3 is 5.97 Å². The molecule has 0 bridgehead atoms. The van der Waals surface area contributed by atoms with Crippen LogP contribution in [0.3, 0.4) is 0 Å². The lowest BCUT2D eigenvalue weighted by atomic mass is 9.99. The van der Waals surface area contributed by atoms with Crippen LogP contribution in [-0.2, 0) is 24.0 Å². The minimum atomic E-state index is -1.30. The van der Waals surface area contributed by atoms with E-state index in [-0.39, 0.29) is 31.1 Å². The average Bonchev–Trinajstić information content (AvgIpc) is 3.22. The van der Waals surface area contributed by atoms with Crippen LogP contribution in [0.2, 0.25) is 0 Å². The highest BCUT2D eigenvalue weighted by atomic mass is 32.1. The maximum Gasteiger partial charge on any atom is 0.326 e. The molecule has 0 radical (unpaired) electrons. The Hall–Kier alpha value is -2.34. The van der Waals surface area contributed by atoms with Crippen LogP contribution in [0.4, 0.5) is 0 Å². The second-order valence-electron chi connectivity index (χ2n) is 7.75. The van der Waals surface area contributed by atoms with E-state index in [1.54, 1.807) is 0 Å². The van der Waals surface area contributed by atoms with E-state index in [4.69, 9.17) is 11.5 Å². The smallest absolute Gasteiger partial charge is 0.326 e. The number of aliphatic carboxylic acids is 1. The molecular weight excluding hydrogens is 426 g/mol. The molecule has 0 aromatic heterocycles. The van der Waals surface area contributed by atoms with E-state index in [1.807, 2.05) is 13.8 Å². The fraction of sp³-hybridized carbons (Fsp3) is 0.737. The molecular formula is C19H33N5O6S. The molecule has 0 saturated carbocycles. The molecule has 1 aliphatic rings. The summed E-state index contributed by atoms with van der Waals surface area (Å²) in [6, 6.07) is -3.93. The van der Waals surface area contributed by atoms with Crippen LogP contribution >= 0.6 is 12.6 Å². The topological polar surface area (TPSA) is 185 Å². The fourth-order valence-corrected chi connectivity index (χ4v) is 3.53. The Balaban J connectivity index is 2.84. The van der Waals surface area contributed by atoms with Gasteiger partial charge in [0.25, 0.3) is 0 Å². The van der Waals surface area contributed by atoms with Crippen LogP contribution in [-0.4, -0.2) is 76.1 Å². The van der Waals surface area contributed by atoms with E-state index in [0.29, 0.717) is 19.3 Å². The van der Waals surface area contributed by atoms with E-state index in [1.165, 1.54) is 4.90 Å². The number of carboxylic acids is 1. The molecule has 1 rings (SSSR count). The van der Waals surface area contributed by atoms with E-state index in [0.717, 1.165) is 0 Å². The monoisotopic (exact) mass is 459 g/mol. The zero-order valence-corrected chi connectivity index (χ0v) is 18.8. The minimum absolute atomic E-state index is 0.0129. The van der Waals surface area contributed by atoms with Crippen molar-refractivity contribution in [3.63, 3.8) is 0 Å². The Bertz CT molecular complexity index is 691. The standard InChI is InChI=1S/C19H33N5O6S/c1-3-10(2)15(21)17(27)23-12(9-31)18(28)24-8-4-5-13(24)16(26)22-11(19(29)30)6-7-14(20)25/h10-13,15,31H,3-9,21H2,1-2H3,(H2,20,25)(H,22,26)(H,23,27)(H,29,30). The number of carboxylic acid groups (broad SMARTS) is 1. The van der Waals surface area contributed by atoms with Crippen LogP contribution in [0.1, 0.15) is 46.0 Å². The van der Waals surface area contributed by atoms with E-state index in [9.17, 15) is 29.1 Å². The highest BCUT2D eigenvalue weighted by Crippen LogP contribution is 2.19. The summed E-state index contributed by atoms with van der Waals surface area (Å²) >= 11 is 4.15. The van der Waals surface area contributed by atoms with Gasteiger partial charge in [0.15, 0.2) is 0 Å². The Morgan fingerprint density at radius 3 is 2.35 bits per heavy atom. The van der Waals surface area contributed by atoms with Crippen molar-refractivity contribution in [1.29, 1.82) is 0 Å². The third-order valence-corrected chi connectivity index (χ3v) is 5.85. The van der Waals surface area contributed by atoms with Crippen molar-refractivity contribution < 1.29 is 29.1 Å². The van der Waals surface area contributed by atoms with Gasteiger partial charge in [0.05, 0.1) is 6.04 Å². The van der Waals surface area contributed by atoms with Crippen LogP contribution in [0, 0.1) is 5.92 Å². The van der Waals surface area contributed by atoms with Crippen molar-refractivity contribution >= 4 is 42.2 Å². The molecule has 5 unspecified atom stereocenters. The lowest BCUT2D eigenvalue weighted by Crippen LogP contribution is -2.58. The van der Waals surface area contributed by atoms with Gasteiger partial charge in [-0.2, -0.15) is 12.6 Å². The number of nitrogens with two attached hydrogens (primary N) is 2. The fourth-order valence-electron chi connectivity index (χ4n) is 3.28. The third kappa shape index (κ3) is 7.69. The van der Waals surface area contributed by atoms with Gasteiger partial charge in [-0.05, 0) is 25.2 Å². The number of hydrogen-bond acceptors (Lipinski definition) is 7. The van der Waals surface area contributed by atoms with Crippen molar-refractivity contribution in [2.24, 2.45) is 17.4 Å². The van der Waals surface area contributed by atoms with E-state index < -0.39 is 53.8 Å². The first-order chi connectivity index (χ1) is 14.5. The lowest BCUT2D eigenvalue weighted by Gasteiger charge is -2.29. The maximum absolute atomic E-state index is 13.0. The molecule has 11 nitrogen and oxygen atoms in total. The van der Waals surface area contributed by atoms with Crippen molar-refractivity contribution in [3.8, 4) is 0 Å². The second kappa shape index (κ2) is 12.5. The predicted octanol–water partition coefficient (Wildman–Crippen LogP) is -1.40. The van der Waals surface area contributed by atoms with Gasteiger partial charge in [-0.15, -0.1) is 0 Å². The normalized spacial score (nSPS) is 19.7. The van der Waals surface area contributed by atoms with Gasteiger partial charge in [0, 0.05) is 18.7 Å². The largest absolute Gasteiger partial charge is 0.480 e. The Kier molecular flexibility index (Phi) is 10.8. The first-order valence-electron chi connectivity index (χ1n) is 10.3. The summed E-state index contributed by atoms with van der Waals surface area (Å²) in [4.78, 5) is 61.7. The molecule has 5 atom stereocenters. The van der Waals surface area contributed by atoms with Gasteiger partial charge in [0.1, 0.15) is 18.1 Å². The van der Waals surface area contributed by atoms with Crippen molar-refractivity contribution in [2.45, 2.75) is 70.1 Å². The van der Waals surface area contributed by atoms with Gasteiger partial charge in [-0.3, -0.25) is 19.2 Å². The van der Waals surface area contributed by atoms with Crippen LogP contribution < -0.4 is 22.1 Å². The number of rotatable bonds is 12. The SMILES string of the molecule is CCC(C)C(N)C(=O)NC(CS)C(=O)N1CCCC1C(=O)NC(CCC(N)=O)C(=O)O. The van der Waals surface area contributed by atoms with Crippen molar-refractivity contribution in [3.05, 3.63) is 0 Å². The number of hydrogen-bond donors (Lipinski definition) is 6. The molecule has 1 heterocycles. The molecule has 1 aliphatic heterocycles. The van der Waals surface area contributed by atoms with Crippen LogP contribution in [0.25, 0.3) is 0 Å². The third-order valence-electron chi connectivity index (χ3n) is 5.49. The Morgan fingerprint density at radius 1 is 1.19 bits per heavy atom. The summed E-state index contributed by atoms with van der Waals surface area (Å²) in [5.41, 5.74) is 11.0. The molecule has 1 saturated heterocycles. The molecule has 4 amide bonds. The molecule has 12 heteroatoms. The van der Waals surface area contributed by atoms with Gasteiger partial charge in [-0.1, -0.05) is 20.3 Å². The summed E-state index contributed by atoms with van der Waals surface area (Å²) in [7, 11) is 0.